The third-order valence-electron chi connectivity index (χ3n) is 3.32. The Bertz CT molecular complexity index is 714. The molecule has 0 spiro atoms. The van der Waals surface area contributed by atoms with Crippen LogP contribution in [0.15, 0.2) is 23.9 Å². The van der Waals surface area contributed by atoms with Crippen molar-refractivity contribution in [2.75, 3.05) is 13.1 Å². The normalized spacial score (nSPS) is 15.7. The highest BCUT2D eigenvalue weighted by Crippen LogP contribution is 2.27. The van der Waals surface area contributed by atoms with E-state index in [0.717, 1.165) is 6.54 Å². The highest BCUT2D eigenvalue weighted by molar-refractivity contribution is 8.05. The summed E-state index contributed by atoms with van der Waals surface area (Å²) in [4.78, 5) is 2.39. The number of halogens is 6. The molecule has 0 bridgehead atoms. The zero-order valence-electron chi connectivity index (χ0n) is 15.1. The van der Waals surface area contributed by atoms with E-state index in [1.54, 1.807) is 0 Å². The van der Waals surface area contributed by atoms with E-state index in [2.05, 4.69) is 37.1 Å². The summed E-state index contributed by atoms with van der Waals surface area (Å²) in [6, 6.07) is 0. The summed E-state index contributed by atoms with van der Waals surface area (Å²) >= 11 is 0. The average molecular weight is 460 g/mol. The van der Waals surface area contributed by atoms with Gasteiger partial charge in [0.05, 0.1) is 0 Å². The first-order valence-corrected chi connectivity index (χ1v) is 11.0. The van der Waals surface area contributed by atoms with E-state index in [9.17, 15) is 43.2 Å². The van der Waals surface area contributed by atoms with Crippen molar-refractivity contribution in [2.45, 2.75) is 50.5 Å². The number of hydrogen-bond acceptors (Lipinski definition) is 5. The molecule has 0 unspecified atom stereocenters. The average Bonchev–Trinajstić information content (AvgIpc) is 2.51. The Morgan fingerprint density at radius 2 is 1.46 bits per heavy atom. The molecule has 1 rings (SSSR count). The van der Waals surface area contributed by atoms with Crippen LogP contribution in [0.2, 0.25) is 0 Å². The molecular formula is C14H22F6N2O4S2. The maximum absolute atomic E-state index is 11.5. The molecule has 166 valence electrons. The Morgan fingerprint density at radius 3 is 1.82 bits per heavy atom. The van der Waals surface area contributed by atoms with Crippen molar-refractivity contribution in [2.24, 2.45) is 0 Å². The summed E-state index contributed by atoms with van der Waals surface area (Å²) in [5, 5.41) is 0. The molecule has 0 saturated heterocycles. The molecule has 0 saturated carbocycles. The van der Waals surface area contributed by atoms with Gasteiger partial charge in [0.1, 0.15) is 0 Å². The zero-order chi connectivity index (χ0) is 22.2. The van der Waals surface area contributed by atoms with Crippen LogP contribution in [0.25, 0.3) is 0 Å². The molecule has 0 fully saturated rings. The van der Waals surface area contributed by atoms with Crippen molar-refractivity contribution in [1.29, 1.82) is 0 Å². The molecule has 0 amide bonds. The lowest BCUT2D eigenvalue weighted by atomic mass is 10.2. The zero-order valence-corrected chi connectivity index (χ0v) is 16.8. The fourth-order valence-corrected chi connectivity index (χ4v) is 3.67. The van der Waals surface area contributed by atoms with E-state index >= 15 is 0 Å². The van der Waals surface area contributed by atoms with E-state index in [0.29, 0.717) is 0 Å². The van der Waals surface area contributed by atoms with Gasteiger partial charge in [-0.15, -0.1) is 0 Å². The highest BCUT2D eigenvalue weighted by Gasteiger charge is 2.55. The molecule has 1 aliphatic rings. The first-order valence-electron chi connectivity index (χ1n) is 8.03. The molecule has 1 heterocycles. The van der Waals surface area contributed by atoms with Crippen LogP contribution in [0.5, 0.6) is 0 Å². The fourth-order valence-electron chi connectivity index (χ4n) is 1.76. The molecule has 14 heteroatoms. The Kier molecular flexibility index (Phi) is 10.0. The van der Waals surface area contributed by atoms with Crippen LogP contribution < -0.4 is 4.13 Å². The maximum atomic E-state index is 11.5. The van der Waals surface area contributed by atoms with E-state index in [-0.39, 0.29) is 0 Å². The molecule has 1 N–H and O–H groups in total. The second-order valence-corrected chi connectivity index (χ2v) is 9.41. The number of rotatable bonds is 7. The van der Waals surface area contributed by atoms with Gasteiger partial charge in [0.25, 0.3) is 0 Å². The van der Waals surface area contributed by atoms with E-state index in [1.165, 1.54) is 37.8 Å². The number of nitrogens with one attached hydrogen (secondary N) is 1. The van der Waals surface area contributed by atoms with Crippen molar-refractivity contribution >= 4 is 20.0 Å². The van der Waals surface area contributed by atoms with Crippen LogP contribution in [0.4, 0.5) is 26.3 Å². The fraction of sp³-hybridized carbons (Fsp3) is 0.714. The quantitative estimate of drug-likeness (QED) is 0.464. The predicted molar refractivity (Wildman–Crippen MR) is 91.7 cm³/mol. The summed E-state index contributed by atoms with van der Waals surface area (Å²) in [5.41, 5.74) is -10.9. The second-order valence-electron chi connectivity index (χ2n) is 5.80. The smallest absolute Gasteiger partial charge is 0.374 e. The lowest BCUT2D eigenvalue weighted by molar-refractivity contribution is -0.0476. The first-order chi connectivity index (χ1) is 12.5. The van der Waals surface area contributed by atoms with Crippen molar-refractivity contribution in [3.05, 3.63) is 23.9 Å². The molecule has 0 aliphatic carbocycles. The summed E-state index contributed by atoms with van der Waals surface area (Å²) in [6.07, 6.45) is 12.1. The number of alkyl halides is 6. The summed E-state index contributed by atoms with van der Waals surface area (Å²) < 4.78 is 108. The van der Waals surface area contributed by atoms with Gasteiger partial charge < -0.3 is 4.90 Å². The Hall–Kier alpha value is -1.28. The second kappa shape index (κ2) is 10.5. The van der Waals surface area contributed by atoms with E-state index in [1.807, 2.05) is 0 Å². The van der Waals surface area contributed by atoms with Crippen molar-refractivity contribution in [1.82, 2.24) is 9.03 Å². The maximum Gasteiger partial charge on any atom is 0.512 e. The van der Waals surface area contributed by atoms with Crippen molar-refractivity contribution in [3.8, 4) is 0 Å². The molecule has 0 aromatic carbocycles. The van der Waals surface area contributed by atoms with E-state index in [4.69, 9.17) is 0 Å². The van der Waals surface area contributed by atoms with Crippen LogP contribution in [-0.4, -0.2) is 45.8 Å². The monoisotopic (exact) mass is 460 g/mol. The van der Waals surface area contributed by atoms with Gasteiger partial charge >= 0.3 is 31.1 Å². The number of hydrogen-bond donors (Lipinski definition) is 1. The summed E-state index contributed by atoms with van der Waals surface area (Å²) in [6.45, 7) is 6.74. The standard InChI is InChI=1S/C12H21N.C2HF6NO4S2/c1-3-4-5-6-9-13-10-7-12(2)8-11-13;3-1(4,5)14(10,11)9-15(12,13)2(6,7)8/h7-8,10H,3-6,9,11H2,1-2H3;9H. The van der Waals surface area contributed by atoms with Crippen molar-refractivity contribution in [3.63, 3.8) is 0 Å². The minimum Gasteiger partial charge on any atom is -0.374 e. The molecule has 0 radical (unpaired) electrons. The minimum atomic E-state index is -6.60. The van der Waals surface area contributed by atoms with Crippen molar-refractivity contribution < 1.29 is 43.2 Å². The number of nitrogens with zero attached hydrogens (tertiary/aromatic N) is 1. The van der Waals surface area contributed by atoms with Crippen LogP contribution >= 0.6 is 0 Å². The van der Waals surface area contributed by atoms with Gasteiger partial charge in [-0.3, -0.25) is 0 Å². The third kappa shape index (κ3) is 9.28. The number of sulfonamides is 2. The van der Waals surface area contributed by atoms with Gasteiger partial charge in [0, 0.05) is 13.1 Å². The van der Waals surface area contributed by atoms with Crippen LogP contribution in [0.3, 0.4) is 0 Å². The summed E-state index contributed by atoms with van der Waals surface area (Å²) in [5.74, 6) is 0. The Balaban J connectivity index is 0.000000525. The SMILES string of the molecule is CCCCCCN1C=CC(C)=CC1.O=S(=O)(NS(=O)(=O)C(F)(F)F)C(F)(F)F. The lowest BCUT2D eigenvalue weighted by Gasteiger charge is -2.21. The third-order valence-corrected chi connectivity index (χ3v) is 6.30. The van der Waals surface area contributed by atoms with E-state index < -0.39 is 35.2 Å². The van der Waals surface area contributed by atoms with Gasteiger partial charge in [-0.25, -0.2) is 16.8 Å². The molecular weight excluding hydrogens is 438 g/mol. The number of allylic oxidation sites excluding steroid dienone is 2. The topological polar surface area (TPSA) is 83.6 Å². The largest absolute Gasteiger partial charge is 0.512 e. The van der Waals surface area contributed by atoms with Gasteiger partial charge in [-0.1, -0.05) is 42.0 Å². The molecule has 1 aliphatic heterocycles. The van der Waals surface area contributed by atoms with Crippen LogP contribution in [0, 0.1) is 0 Å². The molecule has 28 heavy (non-hydrogen) atoms. The van der Waals surface area contributed by atoms with Crippen LogP contribution in [0.1, 0.15) is 39.5 Å². The van der Waals surface area contributed by atoms with Crippen LogP contribution in [-0.2, 0) is 20.0 Å². The summed E-state index contributed by atoms with van der Waals surface area (Å²) in [7, 11) is -13.2. The number of unbranched alkanes of at least 4 members (excludes halogenated alkanes) is 3. The highest BCUT2D eigenvalue weighted by atomic mass is 32.3. The van der Waals surface area contributed by atoms with Gasteiger partial charge in [-0.05, 0) is 25.6 Å². The molecule has 6 nitrogen and oxygen atoms in total. The predicted octanol–water partition coefficient (Wildman–Crippen LogP) is 3.62. The Morgan fingerprint density at radius 1 is 0.964 bits per heavy atom. The minimum absolute atomic E-state index is 0.493. The molecule has 0 aromatic rings. The van der Waals surface area contributed by atoms with Gasteiger partial charge in [0.2, 0.25) is 0 Å². The van der Waals surface area contributed by atoms with Gasteiger partial charge in [0.15, 0.2) is 0 Å². The van der Waals surface area contributed by atoms with Gasteiger partial charge in [-0.2, -0.15) is 26.3 Å². The lowest BCUT2D eigenvalue weighted by Crippen LogP contribution is -2.45. The Labute approximate surface area is 160 Å². The first kappa shape index (κ1) is 26.7. The molecule has 0 atom stereocenters. The molecule has 0 aromatic heterocycles.